The molecule has 2 rings (SSSR count). The molecule has 0 nitrogen and oxygen atoms in total. The average Bonchev–Trinajstić information content (AvgIpc) is 2.76. The van der Waals surface area contributed by atoms with Gasteiger partial charge in [-0.1, -0.05) is 41.5 Å². The van der Waals surface area contributed by atoms with Crippen molar-refractivity contribution in [2.75, 3.05) is 0 Å². The first-order chi connectivity index (χ1) is 6.76. The summed E-state index contributed by atoms with van der Waals surface area (Å²) < 4.78 is 0. The van der Waals surface area contributed by atoms with E-state index in [9.17, 15) is 0 Å². The summed E-state index contributed by atoms with van der Waals surface area (Å²) in [6.07, 6.45) is 4.46. The summed E-state index contributed by atoms with van der Waals surface area (Å²) in [5.74, 6) is 3.89. The molecule has 0 amide bonds. The van der Waals surface area contributed by atoms with Crippen molar-refractivity contribution >= 4 is 0 Å². The Morgan fingerprint density at radius 2 is 1.73 bits per heavy atom. The minimum absolute atomic E-state index is 0.628. The van der Waals surface area contributed by atoms with Gasteiger partial charge in [-0.3, -0.25) is 0 Å². The van der Waals surface area contributed by atoms with Gasteiger partial charge in [-0.05, 0) is 53.8 Å². The Hall–Kier alpha value is 0. The van der Waals surface area contributed by atoms with Crippen LogP contribution in [-0.4, -0.2) is 0 Å². The average molecular weight is 208 g/mol. The molecule has 0 N–H and O–H groups in total. The third-order valence-corrected chi connectivity index (χ3v) is 5.68. The molecular formula is C15H28. The molecule has 0 radical (unpaired) electrons. The first-order valence-electron chi connectivity index (χ1n) is 6.76. The molecule has 0 bridgehead atoms. The van der Waals surface area contributed by atoms with Crippen LogP contribution < -0.4 is 0 Å². The molecular weight excluding hydrogens is 180 g/mol. The van der Waals surface area contributed by atoms with Gasteiger partial charge in [-0.25, -0.2) is 0 Å². The monoisotopic (exact) mass is 208 g/mol. The molecule has 4 atom stereocenters. The van der Waals surface area contributed by atoms with E-state index in [0.717, 1.165) is 23.7 Å². The lowest BCUT2D eigenvalue weighted by Gasteiger charge is -2.51. The van der Waals surface area contributed by atoms with Gasteiger partial charge in [0.15, 0.2) is 0 Å². The van der Waals surface area contributed by atoms with Crippen LogP contribution in [0.2, 0.25) is 0 Å². The van der Waals surface area contributed by atoms with Gasteiger partial charge in [-0.2, -0.15) is 0 Å². The zero-order chi connectivity index (χ0) is 11.4. The number of hydrogen-bond donors (Lipinski definition) is 0. The van der Waals surface area contributed by atoms with Gasteiger partial charge in [0.05, 0.1) is 0 Å². The Labute approximate surface area is 95.8 Å². The first-order valence-corrected chi connectivity index (χ1v) is 6.76. The predicted octanol–water partition coefficient (Wildman–Crippen LogP) is 4.74. The lowest BCUT2D eigenvalue weighted by molar-refractivity contribution is -0.0151. The van der Waals surface area contributed by atoms with Crippen molar-refractivity contribution in [3.63, 3.8) is 0 Å². The fourth-order valence-corrected chi connectivity index (χ4v) is 4.08. The molecule has 0 spiro atoms. The molecule has 0 aromatic rings. The summed E-state index contributed by atoms with van der Waals surface area (Å²) in [7, 11) is 0. The van der Waals surface area contributed by atoms with Gasteiger partial charge in [-0.15, -0.1) is 0 Å². The largest absolute Gasteiger partial charge is 0.0625 e. The Kier molecular flexibility index (Phi) is 2.48. The van der Waals surface area contributed by atoms with Crippen LogP contribution >= 0.6 is 0 Å². The van der Waals surface area contributed by atoms with Crippen LogP contribution in [0.1, 0.15) is 60.8 Å². The summed E-state index contributed by atoms with van der Waals surface area (Å²) in [6.45, 7) is 14.6. The van der Waals surface area contributed by atoms with E-state index in [1.807, 2.05) is 0 Å². The molecule has 0 aromatic heterocycles. The van der Waals surface area contributed by atoms with E-state index >= 15 is 0 Å². The predicted molar refractivity (Wildman–Crippen MR) is 66.7 cm³/mol. The molecule has 15 heavy (non-hydrogen) atoms. The van der Waals surface area contributed by atoms with Crippen LogP contribution in [-0.2, 0) is 0 Å². The highest BCUT2D eigenvalue weighted by Crippen LogP contribution is 2.64. The molecule has 2 saturated carbocycles. The van der Waals surface area contributed by atoms with E-state index in [1.54, 1.807) is 0 Å². The van der Waals surface area contributed by atoms with Crippen LogP contribution in [0.15, 0.2) is 0 Å². The first kappa shape index (κ1) is 11.5. The molecule has 0 aromatic carbocycles. The smallest absolute Gasteiger partial charge is 0.0289 e. The molecule has 4 unspecified atom stereocenters. The van der Waals surface area contributed by atoms with Crippen molar-refractivity contribution in [2.45, 2.75) is 60.8 Å². The maximum atomic E-state index is 2.52. The van der Waals surface area contributed by atoms with Gasteiger partial charge in [0.1, 0.15) is 0 Å². The molecule has 2 aliphatic rings. The molecule has 0 heteroatoms. The van der Waals surface area contributed by atoms with Gasteiger partial charge in [0, 0.05) is 0 Å². The van der Waals surface area contributed by atoms with Crippen molar-refractivity contribution in [3.8, 4) is 0 Å². The van der Waals surface area contributed by atoms with E-state index < -0.39 is 0 Å². The second-order valence-corrected chi connectivity index (χ2v) is 7.65. The Morgan fingerprint density at radius 1 is 1.13 bits per heavy atom. The molecule has 0 saturated heterocycles. The van der Waals surface area contributed by atoms with Crippen molar-refractivity contribution in [1.29, 1.82) is 0 Å². The molecule has 2 aliphatic carbocycles. The highest BCUT2D eigenvalue weighted by Gasteiger charge is 2.55. The summed E-state index contributed by atoms with van der Waals surface area (Å²) in [6, 6.07) is 0. The zero-order valence-corrected chi connectivity index (χ0v) is 11.4. The van der Waals surface area contributed by atoms with Gasteiger partial charge in [0.2, 0.25) is 0 Å². The second kappa shape index (κ2) is 3.25. The summed E-state index contributed by atoms with van der Waals surface area (Å²) >= 11 is 0. The topological polar surface area (TPSA) is 0 Å². The fraction of sp³-hybridized carbons (Fsp3) is 1.00. The van der Waals surface area contributed by atoms with Crippen molar-refractivity contribution < 1.29 is 0 Å². The molecule has 0 heterocycles. The van der Waals surface area contributed by atoms with Gasteiger partial charge >= 0.3 is 0 Å². The maximum absolute atomic E-state index is 2.52. The van der Waals surface area contributed by atoms with E-state index in [2.05, 4.69) is 41.5 Å². The van der Waals surface area contributed by atoms with E-state index in [1.165, 1.54) is 19.3 Å². The highest BCUT2D eigenvalue weighted by atomic mass is 14.6. The third kappa shape index (κ3) is 1.85. The SMILES string of the molecule is CC(C)C1CC1(C)CC1CC(C)(C)C1C. The van der Waals surface area contributed by atoms with Crippen LogP contribution in [0.3, 0.4) is 0 Å². The van der Waals surface area contributed by atoms with Crippen LogP contribution in [0, 0.1) is 34.5 Å². The maximum Gasteiger partial charge on any atom is -0.0289 e. The van der Waals surface area contributed by atoms with Crippen LogP contribution in [0.4, 0.5) is 0 Å². The lowest BCUT2D eigenvalue weighted by Crippen LogP contribution is -2.43. The normalized spacial score (nSPS) is 47.8. The van der Waals surface area contributed by atoms with Gasteiger partial charge < -0.3 is 0 Å². The standard InChI is InChI=1S/C15H28/c1-10(2)13-9-15(13,6)8-12-7-14(4,5)11(12)3/h10-13H,7-9H2,1-6H3. The third-order valence-electron chi connectivity index (χ3n) is 5.68. The molecule has 0 aliphatic heterocycles. The van der Waals surface area contributed by atoms with E-state index in [4.69, 9.17) is 0 Å². The lowest BCUT2D eigenvalue weighted by atomic mass is 9.54. The summed E-state index contributed by atoms with van der Waals surface area (Å²) in [4.78, 5) is 0. The van der Waals surface area contributed by atoms with Crippen molar-refractivity contribution in [1.82, 2.24) is 0 Å². The Bertz CT molecular complexity index is 251. The van der Waals surface area contributed by atoms with Crippen LogP contribution in [0.25, 0.3) is 0 Å². The van der Waals surface area contributed by atoms with E-state index in [0.29, 0.717) is 10.8 Å². The number of rotatable bonds is 3. The summed E-state index contributed by atoms with van der Waals surface area (Å²) in [5.41, 5.74) is 1.34. The fourth-order valence-electron chi connectivity index (χ4n) is 4.08. The van der Waals surface area contributed by atoms with Crippen LogP contribution in [0.5, 0.6) is 0 Å². The molecule has 2 fully saturated rings. The minimum Gasteiger partial charge on any atom is -0.0625 e. The summed E-state index contributed by atoms with van der Waals surface area (Å²) in [5, 5.41) is 0. The Balaban J connectivity index is 1.86. The number of hydrogen-bond acceptors (Lipinski definition) is 0. The van der Waals surface area contributed by atoms with Gasteiger partial charge in [0.25, 0.3) is 0 Å². The van der Waals surface area contributed by atoms with Crippen molar-refractivity contribution in [2.24, 2.45) is 34.5 Å². The zero-order valence-electron chi connectivity index (χ0n) is 11.4. The van der Waals surface area contributed by atoms with E-state index in [-0.39, 0.29) is 0 Å². The highest BCUT2D eigenvalue weighted by molar-refractivity contribution is 5.05. The Morgan fingerprint density at radius 3 is 2.07 bits per heavy atom. The minimum atomic E-state index is 0.628. The second-order valence-electron chi connectivity index (χ2n) is 7.65. The van der Waals surface area contributed by atoms with Crippen molar-refractivity contribution in [3.05, 3.63) is 0 Å². The quantitative estimate of drug-likeness (QED) is 0.628. The molecule has 88 valence electrons.